The number of nitrogens with zero attached hydrogens (tertiary/aromatic N) is 2. The zero-order valence-corrected chi connectivity index (χ0v) is 12.8. The Morgan fingerprint density at radius 1 is 1.18 bits per heavy atom. The van der Waals surface area contributed by atoms with Gasteiger partial charge in [-0.05, 0) is 36.9 Å². The molecule has 3 nitrogen and oxygen atoms in total. The predicted octanol–water partition coefficient (Wildman–Crippen LogP) is 4.10. The van der Waals surface area contributed by atoms with Crippen LogP contribution in [0.15, 0.2) is 0 Å². The number of nitrogens with one attached hydrogen (secondary N) is 1. The van der Waals surface area contributed by atoms with Gasteiger partial charge in [-0.2, -0.15) is 0 Å². The highest BCUT2D eigenvalue weighted by Gasteiger charge is 2.11. The molecule has 5 heteroatoms. The third-order valence-corrected chi connectivity index (χ3v) is 3.80. The number of aromatic amines is 1. The lowest BCUT2D eigenvalue weighted by atomic mass is 10.1. The Morgan fingerprint density at radius 3 is 2.06 bits per heavy atom. The van der Waals surface area contributed by atoms with Crippen LogP contribution in [0.3, 0.4) is 0 Å². The van der Waals surface area contributed by atoms with Crippen LogP contribution in [-0.2, 0) is 0 Å². The Morgan fingerprint density at radius 2 is 1.71 bits per heavy atom. The average molecular weight is 273 g/mol. The van der Waals surface area contributed by atoms with Crippen molar-refractivity contribution >= 4 is 28.7 Å². The molecule has 0 aliphatic rings. The summed E-state index contributed by atoms with van der Waals surface area (Å²) in [5, 5.41) is 8.19. The summed E-state index contributed by atoms with van der Waals surface area (Å²) in [5.41, 5.74) is 0. The molecule has 1 aromatic heterocycles. The van der Waals surface area contributed by atoms with Crippen molar-refractivity contribution in [1.29, 1.82) is 0 Å². The molecular weight excluding hydrogens is 250 g/mol. The molecule has 1 rings (SSSR count). The molecule has 0 unspecified atom stereocenters. The minimum atomic E-state index is 0.725. The SMILES string of the molecule is CC(C)CCN(CCC(C)C)c1n[nH]c(=S)s1. The first-order valence-electron chi connectivity index (χ1n) is 6.29. The molecule has 0 radical (unpaired) electrons. The van der Waals surface area contributed by atoms with Crippen molar-refractivity contribution in [2.45, 2.75) is 40.5 Å². The van der Waals surface area contributed by atoms with Crippen LogP contribution in [0.4, 0.5) is 5.13 Å². The molecule has 0 saturated carbocycles. The summed E-state index contributed by atoms with van der Waals surface area (Å²) in [5.74, 6) is 1.45. The van der Waals surface area contributed by atoms with Gasteiger partial charge in [-0.15, -0.1) is 5.10 Å². The van der Waals surface area contributed by atoms with Gasteiger partial charge in [0.15, 0.2) is 3.95 Å². The van der Waals surface area contributed by atoms with Crippen molar-refractivity contribution in [2.75, 3.05) is 18.0 Å². The molecule has 98 valence electrons. The Labute approximate surface area is 113 Å². The molecule has 0 aromatic carbocycles. The molecule has 1 N–H and O–H groups in total. The molecule has 0 saturated heterocycles. The molecule has 0 atom stereocenters. The summed E-state index contributed by atoms with van der Waals surface area (Å²) in [6.45, 7) is 11.2. The van der Waals surface area contributed by atoms with Crippen molar-refractivity contribution in [2.24, 2.45) is 11.8 Å². The second-order valence-electron chi connectivity index (χ2n) is 5.25. The smallest absolute Gasteiger partial charge is 0.206 e. The second kappa shape index (κ2) is 7.11. The molecule has 0 aliphatic heterocycles. The minimum absolute atomic E-state index is 0.725. The zero-order valence-electron chi connectivity index (χ0n) is 11.2. The average Bonchev–Trinajstić information content (AvgIpc) is 2.64. The maximum atomic E-state index is 5.10. The lowest BCUT2D eigenvalue weighted by Crippen LogP contribution is -2.27. The summed E-state index contributed by atoms with van der Waals surface area (Å²) < 4.78 is 0.763. The number of rotatable bonds is 7. The summed E-state index contributed by atoms with van der Waals surface area (Å²) in [6.07, 6.45) is 2.40. The first kappa shape index (κ1) is 14.6. The van der Waals surface area contributed by atoms with Gasteiger partial charge in [-0.1, -0.05) is 39.0 Å². The number of aromatic nitrogens is 2. The van der Waals surface area contributed by atoms with Gasteiger partial charge in [-0.3, -0.25) is 5.10 Å². The zero-order chi connectivity index (χ0) is 12.8. The maximum Gasteiger partial charge on any atom is 0.206 e. The minimum Gasteiger partial charge on any atom is -0.347 e. The molecule has 1 aromatic rings. The number of H-pyrrole nitrogens is 1. The Balaban J connectivity index is 2.61. The van der Waals surface area contributed by atoms with Crippen molar-refractivity contribution < 1.29 is 0 Å². The lowest BCUT2D eigenvalue weighted by Gasteiger charge is -2.23. The molecule has 0 aliphatic carbocycles. The van der Waals surface area contributed by atoms with Crippen LogP contribution >= 0.6 is 23.6 Å². The second-order valence-corrected chi connectivity index (χ2v) is 6.89. The summed E-state index contributed by atoms with van der Waals surface area (Å²) in [7, 11) is 0. The van der Waals surface area contributed by atoms with Gasteiger partial charge < -0.3 is 4.90 Å². The quantitative estimate of drug-likeness (QED) is 0.759. The molecule has 0 spiro atoms. The third-order valence-electron chi connectivity index (χ3n) is 2.65. The monoisotopic (exact) mass is 273 g/mol. The van der Waals surface area contributed by atoms with Crippen molar-refractivity contribution in [1.82, 2.24) is 10.2 Å². The van der Waals surface area contributed by atoms with Crippen LogP contribution in [0.1, 0.15) is 40.5 Å². The van der Waals surface area contributed by atoms with Crippen LogP contribution in [0.5, 0.6) is 0 Å². The van der Waals surface area contributed by atoms with Gasteiger partial charge in [0.2, 0.25) is 5.13 Å². The van der Waals surface area contributed by atoms with Gasteiger partial charge in [0.1, 0.15) is 0 Å². The molecule has 0 bridgehead atoms. The standard InChI is InChI=1S/C12H23N3S2/c1-9(2)5-7-15(8-6-10(3)4)11-13-14-12(16)17-11/h9-10H,5-8H2,1-4H3,(H,14,16). The first-order valence-corrected chi connectivity index (χ1v) is 7.52. The Bertz CT molecular complexity index is 356. The summed E-state index contributed by atoms with van der Waals surface area (Å²) in [6, 6.07) is 0. The summed E-state index contributed by atoms with van der Waals surface area (Å²) in [4.78, 5) is 2.36. The summed E-state index contributed by atoms with van der Waals surface area (Å²) >= 11 is 6.67. The van der Waals surface area contributed by atoms with Crippen molar-refractivity contribution in [3.05, 3.63) is 3.95 Å². The fourth-order valence-electron chi connectivity index (χ4n) is 1.49. The predicted molar refractivity (Wildman–Crippen MR) is 78.4 cm³/mol. The van der Waals surface area contributed by atoms with E-state index in [0.29, 0.717) is 0 Å². The van der Waals surface area contributed by atoms with E-state index in [-0.39, 0.29) is 0 Å². The van der Waals surface area contributed by atoms with Gasteiger partial charge in [0.25, 0.3) is 0 Å². The van der Waals surface area contributed by atoms with Gasteiger partial charge in [-0.25, -0.2) is 0 Å². The highest BCUT2D eigenvalue weighted by molar-refractivity contribution is 7.73. The van der Waals surface area contributed by atoms with Crippen LogP contribution in [-0.4, -0.2) is 23.3 Å². The Kier molecular flexibility index (Phi) is 6.12. The van der Waals surface area contributed by atoms with Crippen LogP contribution in [0.25, 0.3) is 0 Å². The van der Waals surface area contributed by atoms with Gasteiger partial charge >= 0.3 is 0 Å². The van der Waals surface area contributed by atoms with E-state index in [0.717, 1.165) is 34.0 Å². The van der Waals surface area contributed by atoms with E-state index in [4.69, 9.17) is 12.2 Å². The van der Waals surface area contributed by atoms with E-state index < -0.39 is 0 Å². The van der Waals surface area contributed by atoms with Crippen LogP contribution < -0.4 is 4.90 Å². The Hall–Kier alpha value is -0.420. The van der Waals surface area contributed by atoms with E-state index in [1.54, 1.807) is 11.3 Å². The van der Waals surface area contributed by atoms with Gasteiger partial charge in [0.05, 0.1) is 0 Å². The fourth-order valence-corrected chi connectivity index (χ4v) is 2.42. The molecule has 17 heavy (non-hydrogen) atoms. The van der Waals surface area contributed by atoms with E-state index >= 15 is 0 Å². The lowest BCUT2D eigenvalue weighted by molar-refractivity contribution is 0.534. The number of hydrogen-bond donors (Lipinski definition) is 1. The topological polar surface area (TPSA) is 31.9 Å². The number of hydrogen-bond acceptors (Lipinski definition) is 4. The fraction of sp³-hybridized carbons (Fsp3) is 0.833. The molecule has 0 fully saturated rings. The highest BCUT2D eigenvalue weighted by Crippen LogP contribution is 2.20. The van der Waals surface area contributed by atoms with Crippen molar-refractivity contribution in [3.8, 4) is 0 Å². The van der Waals surface area contributed by atoms with Crippen LogP contribution in [0, 0.1) is 15.8 Å². The van der Waals surface area contributed by atoms with E-state index in [2.05, 4.69) is 42.8 Å². The van der Waals surface area contributed by atoms with E-state index in [1.165, 1.54) is 12.8 Å². The maximum absolute atomic E-state index is 5.10. The largest absolute Gasteiger partial charge is 0.347 e. The van der Waals surface area contributed by atoms with Crippen LogP contribution in [0.2, 0.25) is 0 Å². The van der Waals surface area contributed by atoms with E-state index in [9.17, 15) is 0 Å². The normalized spacial score (nSPS) is 11.4. The highest BCUT2D eigenvalue weighted by atomic mass is 32.1. The first-order chi connectivity index (χ1) is 7.99. The molecule has 0 amide bonds. The third kappa shape index (κ3) is 5.64. The van der Waals surface area contributed by atoms with Gasteiger partial charge in [0, 0.05) is 13.1 Å². The number of anilines is 1. The molecule has 1 heterocycles. The van der Waals surface area contributed by atoms with Crippen molar-refractivity contribution in [3.63, 3.8) is 0 Å². The molecular formula is C12H23N3S2. The van der Waals surface area contributed by atoms with E-state index in [1.807, 2.05) is 0 Å².